The number of ether oxygens (including phenoxy) is 2. The third-order valence-electron chi connectivity index (χ3n) is 5.60. The Morgan fingerprint density at radius 2 is 2.10 bits per heavy atom. The summed E-state index contributed by atoms with van der Waals surface area (Å²) in [5.74, 6) is 2.09. The van der Waals surface area contributed by atoms with Crippen molar-refractivity contribution in [2.75, 3.05) is 32.8 Å². The molecule has 6 nitrogen and oxygen atoms in total. The number of carbonyl (C=O) groups excluding carboxylic acids is 1. The number of nitrogens with one attached hydrogen (secondary N) is 1. The summed E-state index contributed by atoms with van der Waals surface area (Å²) in [4.78, 5) is 19.0. The Labute approximate surface area is 179 Å². The van der Waals surface area contributed by atoms with Crippen LogP contribution in [0.1, 0.15) is 28.9 Å². The molecule has 2 aromatic rings. The van der Waals surface area contributed by atoms with E-state index in [9.17, 15) is 4.79 Å². The fraction of sp³-hybridized carbons (Fsp3) is 0.455. The van der Waals surface area contributed by atoms with Gasteiger partial charge in [-0.1, -0.05) is 15.9 Å². The second kappa shape index (κ2) is 9.13. The molecule has 1 aromatic carbocycles. The maximum Gasteiger partial charge on any atom is 0.253 e. The van der Waals surface area contributed by atoms with Gasteiger partial charge < -0.3 is 14.8 Å². The smallest absolute Gasteiger partial charge is 0.253 e. The normalized spacial score (nSPS) is 19.7. The number of benzene rings is 1. The Balaban J connectivity index is 1.21. The summed E-state index contributed by atoms with van der Waals surface area (Å²) < 4.78 is 13.0. The average molecular weight is 460 g/mol. The fourth-order valence-corrected chi connectivity index (χ4v) is 4.24. The molecule has 0 radical (unpaired) electrons. The van der Waals surface area contributed by atoms with Crippen molar-refractivity contribution in [1.82, 2.24) is 15.2 Å². The molecule has 1 saturated heterocycles. The van der Waals surface area contributed by atoms with Gasteiger partial charge in [0.2, 0.25) is 0 Å². The molecule has 3 heterocycles. The topological polar surface area (TPSA) is 63.7 Å². The zero-order valence-electron chi connectivity index (χ0n) is 16.6. The van der Waals surface area contributed by atoms with E-state index in [1.807, 2.05) is 31.2 Å². The quantitative estimate of drug-likeness (QED) is 0.741. The van der Waals surface area contributed by atoms with Crippen LogP contribution in [0.3, 0.4) is 0 Å². The van der Waals surface area contributed by atoms with Crippen molar-refractivity contribution in [1.29, 1.82) is 0 Å². The molecular weight excluding hydrogens is 434 g/mol. The van der Waals surface area contributed by atoms with E-state index in [-0.39, 0.29) is 12.0 Å². The number of aromatic nitrogens is 1. The van der Waals surface area contributed by atoms with Crippen molar-refractivity contribution in [2.24, 2.45) is 5.92 Å². The molecular formula is C22H26BrN3O3. The Bertz CT molecular complexity index is 868. The zero-order valence-corrected chi connectivity index (χ0v) is 18.2. The number of piperidine rings is 1. The summed E-state index contributed by atoms with van der Waals surface area (Å²) >= 11 is 3.48. The minimum atomic E-state index is -0.0318. The van der Waals surface area contributed by atoms with Gasteiger partial charge >= 0.3 is 0 Å². The highest BCUT2D eigenvalue weighted by Gasteiger charge is 2.26. The van der Waals surface area contributed by atoms with Gasteiger partial charge in [0.25, 0.3) is 5.91 Å². The number of rotatable bonds is 5. The molecule has 2 aliphatic heterocycles. The number of likely N-dealkylation sites (tertiary alicyclic amines) is 1. The summed E-state index contributed by atoms with van der Waals surface area (Å²) in [6.07, 6.45) is 3.89. The number of hydrogen-bond donors (Lipinski definition) is 1. The zero-order chi connectivity index (χ0) is 20.2. The van der Waals surface area contributed by atoms with Crippen molar-refractivity contribution >= 4 is 21.8 Å². The monoisotopic (exact) mass is 459 g/mol. The second-order valence-corrected chi connectivity index (χ2v) is 8.65. The first-order chi connectivity index (χ1) is 14.1. The first-order valence-electron chi connectivity index (χ1n) is 10.1. The molecule has 4 rings (SSSR count). The van der Waals surface area contributed by atoms with Crippen molar-refractivity contribution in [3.63, 3.8) is 0 Å². The van der Waals surface area contributed by atoms with E-state index in [4.69, 9.17) is 9.47 Å². The van der Waals surface area contributed by atoms with E-state index in [1.165, 1.54) is 0 Å². The molecule has 1 N–H and O–H groups in total. The van der Waals surface area contributed by atoms with Gasteiger partial charge in [0.15, 0.2) is 11.5 Å². The Hall–Kier alpha value is -2.12. The molecule has 0 saturated carbocycles. The molecule has 0 aliphatic carbocycles. The van der Waals surface area contributed by atoms with Crippen molar-refractivity contribution in [2.45, 2.75) is 25.9 Å². The maximum atomic E-state index is 12.4. The minimum Gasteiger partial charge on any atom is -0.486 e. The highest BCUT2D eigenvalue weighted by atomic mass is 79.9. The predicted octanol–water partition coefficient (Wildman–Crippen LogP) is 3.43. The Morgan fingerprint density at radius 3 is 2.90 bits per heavy atom. The molecule has 0 spiro atoms. The van der Waals surface area contributed by atoms with Crippen molar-refractivity contribution in [3.8, 4) is 11.5 Å². The number of fused-ring (bicyclic) bond motifs is 1. The third-order valence-corrected chi connectivity index (χ3v) is 6.09. The molecule has 1 aromatic heterocycles. The summed E-state index contributed by atoms with van der Waals surface area (Å²) in [7, 11) is 0. The molecule has 1 amide bonds. The van der Waals surface area contributed by atoms with Crippen LogP contribution in [-0.4, -0.2) is 54.7 Å². The molecule has 0 bridgehead atoms. The summed E-state index contributed by atoms with van der Waals surface area (Å²) in [5, 5.41) is 3.08. The summed E-state index contributed by atoms with van der Waals surface area (Å²) in [6, 6.07) is 9.47. The average Bonchev–Trinajstić information content (AvgIpc) is 2.73. The molecule has 7 heteroatoms. The number of amides is 1. The molecule has 0 unspecified atom stereocenters. The van der Waals surface area contributed by atoms with Gasteiger partial charge in [-0.05, 0) is 69.1 Å². The van der Waals surface area contributed by atoms with E-state index in [1.54, 1.807) is 12.3 Å². The Morgan fingerprint density at radius 1 is 1.28 bits per heavy atom. The highest BCUT2D eigenvalue weighted by Crippen LogP contribution is 2.34. The molecule has 154 valence electrons. The molecule has 1 fully saturated rings. The minimum absolute atomic E-state index is 0.0318. The molecule has 2 aliphatic rings. The number of halogens is 1. The van der Waals surface area contributed by atoms with Gasteiger partial charge in [0.05, 0.1) is 5.56 Å². The molecule has 1 atom stereocenters. The van der Waals surface area contributed by atoms with E-state index >= 15 is 0 Å². The van der Waals surface area contributed by atoms with Crippen LogP contribution < -0.4 is 14.8 Å². The van der Waals surface area contributed by atoms with Crippen LogP contribution in [0.15, 0.2) is 41.0 Å². The number of carbonyl (C=O) groups is 1. The summed E-state index contributed by atoms with van der Waals surface area (Å²) in [5.41, 5.74) is 1.43. The van der Waals surface area contributed by atoms with E-state index < -0.39 is 0 Å². The third kappa shape index (κ3) is 5.08. The van der Waals surface area contributed by atoms with Crippen LogP contribution in [0.2, 0.25) is 0 Å². The fourth-order valence-electron chi connectivity index (χ4n) is 3.90. The van der Waals surface area contributed by atoms with Gasteiger partial charge in [-0.2, -0.15) is 0 Å². The van der Waals surface area contributed by atoms with Gasteiger partial charge in [-0.3, -0.25) is 14.7 Å². The Kier molecular flexibility index (Phi) is 6.35. The number of aryl methyl sites for hydroxylation is 1. The van der Waals surface area contributed by atoms with Crippen LogP contribution in [0, 0.1) is 12.8 Å². The number of nitrogens with zero attached hydrogens (tertiary/aromatic N) is 2. The van der Waals surface area contributed by atoms with Crippen LogP contribution in [-0.2, 0) is 0 Å². The van der Waals surface area contributed by atoms with Gasteiger partial charge in [-0.25, -0.2) is 0 Å². The lowest BCUT2D eigenvalue weighted by molar-refractivity contribution is 0.0476. The van der Waals surface area contributed by atoms with Gasteiger partial charge in [0.1, 0.15) is 12.7 Å². The largest absolute Gasteiger partial charge is 0.486 e. The lowest BCUT2D eigenvalue weighted by Crippen LogP contribution is -2.45. The number of pyridine rings is 1. The maximum absolute atomic E-state index is 12.4. The number of hydrogen-bond acceptors (Lipinski definition) is 5. The van der Waals surface area contributed by atoms with E-state index in [0.29, 0.717) is 24.6 Å². The first kappa shape index (κ1) is 20.2. The van der Waals surface area contributed by atoms with Gasteiger partial charge in [-0.15, -0.1) is 0 Å². The van der Waals surface area contributed by atoms with Crippen LogP contribution in [0.4, 0.5) is 0 Å². The van der Waals surface area contributed by atoms with E-state index in [0.717, 1.165) is 54.1 Å². The SMILES string of the molecule is Cc1ncccc1C(=O)NCC1CCN(C[C@H]2COc3ccc(Br)cc3O2)CC1. The highest BCUT2D eigenvalue weighted by molar-refractivity contribution is 9.10. The molecule has 29 heavy (non-hydrogen) atoms. The second-order valence-electron chi connectivity index (χ2n) is 7.73. The van der Waals surface area contributed by atoms with Crippen molar-refractivity contribution in [3.05, 3.63) is 52.3 Å². The van der Waals surface area contributed by atoms with E-state index in [2.05, 4.69) is 31.1 Å². The van der Waals surface area contributed by atoms with Crippen LogP contribution >= 0.6 is 15.9 Å². The lowest BCUT2D eigenvalue weighted by Gasteiger charge is -2.35. The van der Waals surface area contributed by atoms with Crippen LogP contribution in [0.25, 0.3) is 0 Å². The predicted molar refractivity (Wildman–Crippen MR) is 115 cm³/mol. The summed E-state index contributed by atoms with van der Waals surface area (Å²) in [6.45, 7) is 6.04. The standard InChI is InChI=1S/C22H26BrN3O3/c1-15-19(3-2-8-24-15)22(27)25-12-16-6-9-26(10-7-16)13-18-14-28-20-5-4-17(23)11-21(20)29-18/h2-5,8,11,16,18H,6-7,9-10,12-14H2,1H3,(H,25,27)/t18-/m0/s1. The lowest BCUT2D eigenvalue weighted by atomic mass is 9.96. The van der Waals surface area contributed by atoms with Gasteiger partial charge in [0, 0.05) is 29.5 Å². The van der Waals surface area contributed by atoms with Crippen molar-refractivity contribution < 1.29 is 14.3 Å². The first-order valence-corrected chi connectivity index (χ1v) is 10.9. The van der Waals surface area contributed by atoms with Crippen LogP contribution in [0.5, 0.6) is 11.5 Å².